The molecular formula is C28H29BrO6. The molecule has 6 nitrogen and oxygen atoms in total. The molecule has 1 atom stereocenters. The number of alkyl halides is 1. The van der Waals surface area contributed by atoms with E-state index in [-0.39, 0.29) is 11.3 Å². The number of unbranched alkanes of at least 4 members (excludes halogenated alkanes) is 1. The smallest absolute Gasteiger partial charge is 0.345 e. The van der Waals surface area contributed by atoms with Crippen LogP contribution in [0.15, 0.2) is 54.6 Å². The molecule has 0 amide bonds. The molecule has 0 aromatic heterocycles. The topological polar surface area (TPSA) is 74.2 Å². The van der Waals surface area contributed by atoms with Gasteiger partial charge in [-0.1, -0.05) is 59.6 Å². The lowest BCUT2D eigenvalue weighted by Gasteiger charge is -2.22. The fourth-order valence-electron chi connectivity index (χ4n) is 4.16. The number of halogens is 1. The molecule has 0 radical (unpaired) electrons. The van der Waals surface area contributed by atoms with Gasteiger partial charge in [0, 0.05) is 28.9 Å². The van der Waals surface area contributed by atoms with E-state index in [4.69, 9.17) is 18.9 Å². The number of rotatable bonds is 10. The van der Waals surface area contributed by atoms with Crippen LogP contribution in [0.1, 0.15) is 58.8 Å². The number of hydrogen-bond donors (Lipinski definition) is 1. The molecule has 0 aliphatic carbocycles. The molecule has 1 aliphatic heterocycles. The van der Waals surface area contributed by atoms with Crippen molar-refractivity contribution < 1.29 is 28.8 Å². The highest BCUT2D eigenvalue weighted by Gasteiger charge is 2.46. The number of esters is 1. The van der Waals surface area contributed by atoms with Crippen molar-refractivity contribution in [3.63, 3.8) is 0 Å². The summed E-state index contributed by atoms with van der Waals surface area (Å²) in [6.07, 6.45) is 1.86. The molecule has 1 heterocycles. The number of hydrogen-bond acceptors (Lipinski definition) is 6. The molecule has 0 fully saturated rings. The molecule has 35 heavy (non-hydrogen) atoms. The standard InChI is InChI=1S/C28H29BrO6/c1-4-5-11-28(31)23-14-21(32-3)15-24(25(23)27(30)35-28)34-26-18(2)12-22(13-20(26)16-29)33-17-19-9-7-6-8-10-19/h6-10,12-15,31H,4-5,11,16-17H2,1-3H3. The number of aryl methyl sites for hydroxylation is 1. The van der Waals surface area contributed by atoms with Gasteiger partial charge < -0.3 is 24.1 Å². The molecule has 4 rings (SSSR count). The third-order valence-electron chi connectivity index (χ3n) is 6.00. The quantitative estimate of drug-likeness (QED) is 0.226. The van der Waals surface area contributed by atoms with Crippen molar-refractivity contribution >= 4 is 21.9 Å². The van der Waals surface area contributed by atoms with Gasteiger partial charge in [-0.15, -0.1) is 0 Å². The minimum atomic E-state index is -1.70. The van der Waals surface area contributed by atoms with E-state index in [1.807, 2.05) is 56.3 Å². The number of ether oxygens (including phenoxy) is 4. The van der Waals surface area contributed by atoms with Crippen LogP contribution in [0.5, 0.6) is 23.0 Å². The molecule has 1 unspecified atom stereocenters. The van der Waals surface area contributed by atoms with Crippen LogP contribution in [0.3, 0.4) is 0 Å². The van der Waals surface area contributed by atoms with Gasteiger partial charge in [0.05, 0.1) is 7.11 Å². The van der Waals surface area contributed by atoms with Gasteiger partial charge >= 0.3 is 5.97 Å². The van der Waals surface area contributed by atoms with E-state index in [1.54, 1.807) is 12.1 Å². The summed E-state index contributed by atoms with van der Waals surface area (Å²) in [7, 11) is 1.53. The first-order valence-corrected chi connectivity index (χ1v) is 12.7. The van der Waals surface area contributed by atoms with Crippen molar-refractivity contribution in [3.8, 4) is 23.0 Å². The summed E-state index contributed by atoms with van der Waals surface area (Å²) >= 11 is 3.54. The Morgan fingerprint density at radius 2 is 1.86 bits per heavy atom. The Labute approximate surface area is 213 Å². The van der Waals surface area contributed by atoms with E-state index < -0.39 is 11.8 Å². The Morgan fingerprint density at radius 3 is 2.54 bits per heavy atom. The summed E-state index contributed by atoms with van der Waals surface area (Å²) in [5.41, 5.74) is 3.36. The normalized spacial score (nSPS) is 16.5. The fraction of sp³-hybridized carbons (Fsp3) is 0.321. The highest BCUT2D eigenvalue weighted by Crippen LogP contribution is 2.46. The summed E-state index contributed by atoms with van der Waals surface area (Å²) in [5, 5.41) is 11.6. The Bertz CT molecular complexity index is 1210. The lowest BCUT2D eigenvalue weighted by atomic mass is 9.96. The van der Waals surface area contributed by atoms with E-state index >= 15 is 0 Å². The average Bonchev–Trinajstić information content (AvgIpc) is 3.13. The number of cyclic esters (lactones) is 1. The number of aliphatic hydroxyl groups is 1. The summed E-state index contributed by atoms with van der Waals surface area (Å²) in [5.74, 6) is -0.249. The van der Waals surface area contributed by atoms with Crippen molar-refractivity contribution in [2.75, 3.05) is 7.11 Å². The lowest BCUT2D eigenvalue weighted by Crippen LogP contribution is -2.25. The second-order valence-electron chi connectivity index (χ2n) is 8.56. The Kier molecular flexibility index (Phi) is 7.67. The summed E-state index contributed by atoms with van der Waals surface area (Å²) < 4.78 is 23.2. The molecule has 3 aromatic rings. The number of methoxy groups -OCH3 is 1. The van der Waals surface area contributed by atoms with Crippen molar-refractivity contribution in [3.05, 3.63) is 82.4 Å². The SMILES string of the molecule is CCCCC1(O)OC(=O)c2c(Oc3c(C)cc(OCc4ccccc4)cc3CBr)cc(OC)cc21. The minimum Gasteiger partial charge on any atom is -0.497 e. The summed E-state index contributed by atoms with van der Waals surface area (Å²) in [6.45, 7) is 4.39. The first-order valence-electron chi connectivity index (χ1n) is 11.6. The van der Waals surface area contributed by atoms with E-state index in [2.05, 4.69) is 15.9 Å². The maximum atomic E-state index is 12.8. The highest BCUT2D eigenvalue weighted by molar-refractivity contribution is 9.08. The van der Waals surface area contributed by atoms with E-state index in [9.17, 15) is 9.90 Å². The van der Waals surface area contributed by atoms with Gasteiger partial charge in [0.1, 0.15) is 35.2 Å². The Morgan fingerprint density at radius 1 is 1.09 bits per heavy atom. The minimum absolute atomic E-state index is 0.216. The third kappa shape index (κ3) is 5.31. The first-order chi connectivity index (χ1) is 16.9. The van der Waals surface area contributed by atoms with Gasteiger partial charge in [0.2, 0.25) is 5.79 Å². The molecule has 0 spiro atoms. The third-order valence-corrected chi connectivity index (χ3v) is 6.60. The molecule has 1 aliphatic rings. The van der Waals surface area contributed by atoms with Crippen LogP contribution < -0.4 is 14.2 Å². The molecule has 7 heteroatoms. The number of benzene rings is 3. The molecular weight excluding hydrogens is 512 g/mol. The van der Waals surface area contributed by atoms with Crippen molar-refractivity contribution in [1.82, 2.24) is 0 Å². The van der Waals surface area contributed by atoms with E-state index in [0.29, 0.717) is 41.8 Å². The van der Waals surface area contributed by atoms with Gasteiger partial charge in [0.15, 0.2) is 0 Å². The van der Waals surface area contributed by atoms with E-state index in [0.717, 1.165) is 28.9 Å². The van der Waals surface area contributed by atoms with Crippen molar-refractivity contribution in [1.29, 1.82) is 0 Å². The zero-order valence-electron chi connectivity index (χ0n) is 20.1. The van der Waals surface area contributed by atoms with Crippen LogP contribution in [0.2, 0.25) is 0 Å². The van der Waals surface area contributed by atoms with Gasteiger partial charge in [-0.2, -0.15) is 0 Å². The summed E-state index contributed by atoms with van der Waals surface area (Å²) in [6, 6.07) is 17.1. The van der Waals surface area contributed by atoms with E-state index in [1.165, 1.54) is 7.11 Å². The maximum Gasteiger partial charge on any atom is 0.345 e. The van der Waals surface area contributed by atoms with Crippen LogP contribution in [-0.4, -0.2) is 18.2 Å². The second-order valence-corrected chi connectivity index (χ2v) is 9.12. The molecule has 0 saturated heterocycles. The number of fused-ring (bicyclic) bond motifs is 1. The zero-order valence-corrected chi connectivity index (χ0v) is 21.7. The van der Waals surface area contributed by atoms with Crippen LogP contribution in [-0.2, 0) is 22.5 Å². The van der Waals surface area contributed by atoms with Gasteiger partial charge in [-0.25, -0.2) is 4.79 Å². The number of carbonyl (C=O) groups is 1. The highest BCUT2D eigenvalue weighted by atomic mass is 79.9. The fourth-order valence-corrected chi connectivity index (χ4v) is 4.58. The molecule has 0 bridgehead atoms. The van der Waals surface area contributed by atoms with Crippen LogP contribution >= 0.6 is 15.9 Å². The second kappa shape index (κ2) is 10.7. The van der Waals surface area contributed by atoms with Gasteiger partial charge in [0.25, 0.3) is 0 Å². The molecule has 184 valence electrons. The van der Waals surface area contributed by atoms with Crippen LogP contribution in [0.4, 0.5) is 0 Å². The summed E-state index contributed by atoms with van der Waals surface area (Å²) in [4.78, 5) is 12.8. The Balaban J connectivity index is 1.68. The predicted molar refractivity (Wildman–Crippen MR) is 136 cm³/mol. The van der Waals surface area contributed by atoms with Crippen LogP contribution in [0.25, 0.3) is 0 Å². The Hall–Kier alpha value is -3.03. The lowest BCUT2D eigenvalue weighted by molar-refractivity contribution is -0.168. The van der Waals surface area contributed by atoms with Gasteiger partial charge in [-0.3, -0.25) is 0 Å². The monoisotopic (exact) mass is 540 g/mol. The van der Waals surface area contributed by atoms with Gasteiger partial charge in [-0.05, 0) is 42.7 Å². The largest absolute Gasteiger partial charge is 0.497 e. The van der Waals surface area contributed by atoms with Crippen LogP contribution in [0, 0.1) is 6.92 Å². The zero-order chi connectivity index (χ0) is 25.0. The predicted octanol–water partition coefficient (Wildman–Crippen LogP) is 6.78. The maximum absolute atomic E-state index is 12.8. The molecule has 3 aromatic carbocycles. The first kappa shape index (κ1) is 25.1. The van der Waals surface area contributed by atoms with Crippen molar-refractivity contribution in [2.24, 2.45) is 0 Å². The van der Waals surface area contributed by atoms with Crippen molar-refractivity contribution in [2.45, 2.75) is 50.8 Å². The average molecular weight is 541 g/mol. The number of carbonyl (C=O) groups excluding carboxylic acids is 1. The molecule has 1 N–H and O–H groups in total. The molecule has 0 saturated carbocycles.